The number of carbonyl (C=O) groups excluding carboxylic acids is 2. The first kappa shape index (κ1) is 25.3. The Labute approximate surface area is 206 Å². The fraction of sp³-hybridized carbons (Fsp3) is 0.286. The zero-order chi connectivity index (χ0) is 24.5. The smallest absolute Gasteiger partial charge is 0.261 e. The summed E-state index contributed by atoms with van der Waals surface area (Å²) in [7, 11) is 0. The van der Waals surface area contributed by atoms with Gasteiger partial charge in [-0.15, -0.1) is 0 Å². The fourth-order valence-corrected chi connectivity index (χ4v) is 3.91. The minimum atomic E-state index is -0.694. The lowest BCUT2D eigenvalue weighted by Crippen LogP contribution is -2.52. The maximum Gasteiger partial charge on any atom is 0.261 e. The first-order valence-electron chi connectivity index (χ1n) is 11.4. The van der Waals surface area contributed by atoms with E-state index >= 15 is 0 Å². The van der Waals surface area contributed by atoms with Gasteiger partial charge in [-0.2, -0.15) is 0 Å². The van der Waals surface area contributed by atoms with Crippen LogP contribution in [0.15, 0.2) is 78.9 Å². The average molecular weight is 479 g/mol. The van der Waals surface area contributed by atoms with Crippen LogP contribution < -0.4 is 10.1 Å². The number of benzene rings is 3. The van der Waals surface area contributed by atoms with Gasteiger partial charge < -0.3 is 15.0 Å². The molecule has 0 bridgehead atoms. The summed E-state index contributed by atoms with van der Waals surface area (Å²) in [5.41, 5.74) is 3.02. The van der Waals surface area contributed by atoms with Crippen LogP contribution >= 0.6 is 11.6 Å². The lowest BCUT2D eigenvalue weighted by atomic mass is 10.0. The monoisotopic (exact) mass is 478 g/mol. The Hall–Kier alpha value is -3.31. The van der Waals surface area contributed by atoms with E-state index in [9.17, 15) is 9.59 Å². The molecule has 0 aliphatic carbocycles. The summed E-state index contributed by atoms with van der Waals surface area (Å²) < 4.78 is 5.74. The quantitative estimate of drug-likeness (QED) is 0.436. The number of hydrogen-bond donors (Lipinski definition) is 1. The summed E-state index contributed by atoms with van der Waals surface area (Å²) in [5.74, 6) is 0.0338. The van der Waals surface area contributed by atoms with Crippen molar-refractivity contribution in [1.82, 2.24) is 10.2 Å². The van der Waals surface area contributed by atoms with Gasteiger partial charge in [-0.1, -0.05) is 77.8 Å². The Morgan fingerprint density at radius 1 is 0.941 bits per heavy atom. The molecule has 0 aliphatic heterocycles. The van der Waals surface area contributed by atoms with Crippen molar-refractivity contribution in [3.8, 4) is 5.75 Å². The van der Waals surface area contributed by atoms with Crippen molar-refractivity contribution in [2.75, 3.05) is 6.61 Å². The zero-order valence-electron chi connectivity index (χ0n) is 19.8. The topological polar surface area (TPSA) is 58.6 Å². The molecule has 34 heavy (non-hydrogen) atoms. The molecule has 3 rings (SSSR count). The van der Waals surface area contributed by atoms with Gasteiger partial charge in [0, 0.05) is 24.0 Å². The van der Waals surface area contributed by atoms with Crippen LogP contribution in [-0.4, -0.2) is 35.4 Å². The molecule has 0 radical (unpaired) electrons. The maximum absolute atomic E-state index is 13.5. The zero-order valence-corrected chi connectivity index (χ0v) is 20.6. The summed E-state index contributed by atoms with van der Waals surface area (Å²) in [5, 5.41) is 3.51. The molecule has 3 aromatic carbocycles. The molecular weight excluding hydrogens is 448 g/mol. The Morgan fingerprint density at radius 3 is 2.32 bits per heavy atom. The van der Waals surface area contributed by atoms with Crippen molar-refractivity contribution in [3.05, 3.63) is 101 Å². The number of nitrogens with zero attached hydrogens (tertiary/aromatic N) is 1. The summed E-state index contributed by atoms with van der Waals surface area (Å²) in [4.78, 5) is 28.4. The summed E-state index contributed by atoms with van der Waals surface area (Å²) >= 11 is 6.05. The SMILES string of the molecule is Cc1cccc(CN(C(=O)COc2cccc(Cl)c2)C(Cc2ccccc2)C(=O)NC(C)C)c1. The van der Waals surface area contributed by atoms with Crippen LogP contribution in [0.5, 0.6) is 5.75 Å². The first-order valence-corrected chi connectivity index (χ1v) is 11.8. The van der Waals surface area contributed by atoms with Gasteiger partial charge in [0.25, 0.3) is 5.91 Å². The number of amides is 2. The Balaban J connectivity index is 1.91. The largest absolute Gasteiger partial charge is 0.484 e. The van der Waals surface area contributed by atoms with E-state index in [0.717, 1.165) is 16.7 Å². The molecule has 1 atom stereocenters. The highest BCUT2D eigenvalue weighted by Gasteiger charge is 2.31. The third-order valence-corrected chi connectivity index (χ3v) is 5.53. The van der Waals surface area contributed by atoms with Crippen LogP contribution in [0.4, 0.5) is 0 Å². The summed E-state index contributed by atoms with van der Waals surface area (Å²) in [6.07, 6.45) is 0.397. The van der Waals surface area contributed by atoms with Crippen LogP contribution in [0, 0.1) is 6.92 Å². The van der Waals surface area contributed by atoms with E-state index < -0.39 is 6.04 Å². The highest BCUT2D eigenvalue weighted by Crippen LogP contribution is 2.19. The predicted octanol–water partition coefficient (Wildman–Crippen LogP) is 5.19. The second kappa shape index (κ2) is 12.2. The van der Waals surface area contributed by atoms with Crippen LogP contribution in [0.3, 0.4) is 0 Å². The molecule has 0 aliphatic rings. The van der Waals surface area contributed by atoms with Crippen molar-refractivity contribution in [2.45, 2.75) is 45.8 Å². The van der Waals surface area contributed by atoms with Crippen molar-refractivity contribution >= 4 is 23.4 Å². The van der Waals surface area contributed by atoms with Crippen molar-refractivity contribution in [3.63, 3.8) is 0 Å². The predicted molar refractivity (Wildman–Crippen MR) is 136 cm³/mol. The molecule has 178 valence electrons. The molecule has 0 saturated heterocycles. The van der Waals surface area contributed by atoms with Crippen LogP contribution in [0.25, 0.3) is 0 Å². The molecule has 5 nitrogen and oxygen atoms in total. The molecule has 6 heteroatoms. The number of halogens is 1. The van der Waals surface area contributed by atoms with Crippen molar-refractivity contribution in [1.29, 1.82) is 0 Å². The van der Waals surface area contributed by atoms with Crippen LogP contribution in [0.1, 0.15) is 30.5 Å². The van der Waals surface area contributed by atoms with Gasteiger partial charge in [0.05, 0.1) is 0 Å². The van der Waals surface area contributed by atoms with Gasteiger partial charge >= 0.3 is 0 Å². The van der Waals surface area contributed by atoms with Gasteiger partial charge in [-0.05, 0) is 50.1 Å². The maximum atomic E-state index is 13.5. The molecule has 0 spiro atoms. The molecule has 3 aromatic rings. The molecule has 0 saturated carbocycles. The molecule has 1 N–H and O–H groups in total. The average Bonchev–Trinajstić information content (AvgIpc) is 2.80. The number of carbonyl (C=O) groups is 2. The second-order valence-corrected chi connectivity index (χ2v) is 9.06. The number of aryl methyl sites for hydroxylation is 1. The first-order chi connectivity index (χ1) is 16.3. The van der Waals surface area contributed by atoms with Gasteiger partial charge in [-0.25, -0.2) is 0 Å². The van der Waals surface area contributed by atoms with Gasteiger partial charge in [0.2, 0.25) is 5.91 Å². The standard InChI is InChI=1S/C28H31ClN2O3/c1-20(2)30-28(33)26(16-22-10-5-4-6-11-22)31(18-23-12-7-9-21(3)15-23)27(32)19-34-25-14-8-13-24(29)17-25/h4-15,17,20,26H,16,18-19H2,1-3H3,(H,30,33). The molecule has 2 amide bonds. The van der Waals surface area contributed by atoms with Gasteiger partial charge in [0.1, 0.15) is 11.8 Å². The molecule has 0 fully saturated rings. The summed E-state index contributed by atoms with van der Waals surface area (Å²) in [6, 6.07) is 23.8. The van der Waals surface area contributed by atoms with E-state index in [4.69, 9.17) is 16.3 Å². The highest BCUT2D eigenvalue weighted by atomic mass is 35.5. The normalized spacial score (nSPS) is 11.7. The lowest BCUT2D eigenvalue weighted by Gasteiger charge is -2.32. The number of rotatable bonds is 10. The van der Waals surface area contributed by atoms with Crippen molar-refractivity contribution in [2.24, 2.45) is 0 Å². The molecular formula is C28H31ClN2O3. The van der Waals surface area contributed by atoms with E-state index in [0.29, 0.717) is 23.7 Å². The Bertz CT molecular complexity index is 1100. The Kier molecular flexibility index (Phi) is 9.11. The van der Waals surface area contributed by atoms with Crippen LogP contribution in [-0.2, 0) is 22.6 Å². The third kappa shape index (κ3) is 7.63. The number of ether oxygens (including phenoxy) is 1. The molecule has 0 heterocycles. The van der Waals surface area contributed by atoms with E-state index in [1.165, 1.54) is 0 Å². The van der Waals surface area contributed by atoms with E-state index in [2.05, 4.69) is 5.32 Å². The highest BCUT2D eigenvalue weighted by molar-refractivity contribution is 6.30. The minimum Gasteiger partial charge on any atom is -0.484 e. The second-order valence-electron chi connectivity index (χ2n) is 8.63. The minimum absolute atomic E-state index is 0.0515. The lowest BCUT2D eigenvalue weighted by molar-refractivity contribution is -0.143. The fourth-order valence-electron chi connectivity index (χ4n) is 3.73. The number of hydrogen-bond acceptors (Lipinski definition) is 3. The summed E-state index contributed by atoms with van der Waals surface area (Å²) in [6.45, 7) is 5.92. The van der Waals surface area contributed by atoms with E-state index in [-0.39, 0.29) is 24.5 Å². The third-order valence-electron chi connectivity index (χ3n) is 5.30. The van der Waals surface area contributed by atoms with Crippen LogP contribution in [0.2, 0.25) is 5.02 Å². The van der Waals surface area contributed by atoms with E-state index in [1.54, 1.807) is 29.2 Å². The van der Waals surface area contributed by atoms with Gasteiger partial charge in [0.15, 0.2) is 6.61 Å². The number of nitrogens with one attached hydrogen (secondary N) is 1. The van der Waals surface area contributed by atoms with Gasteiger partial charge in [-0.3, -0.25) is 9.59 Å². The van der Waals surface area contributed by atoms with Crippen molar-refractivity contribution < 1.29 is 14.3 Å². The van der Waals surface area contributed by atoms with E-state index in [1.807, 2.05) is 75.4 Å². The molecule has 1 unspecified atom stereocenters. The Morgan fingerprint density at radius 2 is 1.65 bits per heavy atom. The molecule has 0 aromatic heterocycles.